The molecule has 0 N–H and O–H groups in total. The van der Waals surface area contributed by atoms with Crippen LogP contribution >= 0.6 is 12.6 Å². The second-order valence-corrected chi connectivity index (χ2v) is 3.99. The summed E-state index contributed by atoms with van der Waals surface area (Å²) in [5.74, 6) is 0.809. The van der Waals surface area contributed by atoms with Crippen LogP contribution < -0.4 is 9.30 Å². The van der Waals surface area contributed by atoms with Gasteiger partial charge in [-0.1, -0.05) is 18.2 Å². The summed E-state index contributed by atoms with van der Waals surface area (Å²) in [5, 5.41) is 0. The molecule has 3 aromatic rings. The normalized spacial score (nSPS) is 10.1. The van der Waals surface area contributed by atoms with Gasteiger partial charge in [0.15, 0.2) is 11.3 Å². The Kier molecular flexibility index (Phi) is 4.22. The molecule has 1 heterocycles. The van der Waals surface area contributed by atoms with Crippen LogP contribution in [0.2, 0.25) is 0 Å². The number of nitrogens with zero attached hydrogens (tertiary/aromatic N) is 2. The molecule has 19 heavy (non-hydrogen) atoms. The molecule has 3 rings (SSSR count). The molecular weight excluding hydrogens is 256 g/mol. The molecule has 0 saturated carbocycles. The second-order valence-electron chi connectivity index (χ2n) is 3.99. The van der Waals surface area contributed by atoms with Gasteiger partial charge in [0.2, 0.25) is 11.0 Å². The van der Waals surface area contributed by atoms with E-state index in [1.807, 2.05) is 37.4 Å². The Bertz CT molecular complexity index is 713. The number of ether oxygens (including phenoxy) is 1. The highest BCUT2D eigenvalue weighted by atomic mass is 32.1. The highest BCUT2D eigenvalue weighted by Crippen LogP contribution is 2.22. The van der Waals surface area contributed by atoms with Crippen molar-refractivity contribution in [2.24, 2.45) is 7.05 Å². The van der Waals surface area contributed by atoms with E-state index < -0.39 is 0 Å². The molecule has 98 valence electrons. The molecule has 0 spiro atoms. The molecule has 0 aliphatic heterocycles. The molecule has 0 radical (unpaired) electrons. The van der Waals surface area contributed by atoms with Gasteiger partial charge in [-0.2, -0.15) is 17.2 Å². The molecule has 0 atom stereocenters. The number of aromatic nitrogens is 2. The number of methoxy groups -OCH3 is 1. The number of aryl methyl sites for hydroxylation is 1. The first-order valence-electron chi connectivity index (χ1n) is 5.97. The Hall–Kier alpha value is -1.81. The van der Waals surface area contributed by atoms with E-state index in [9.17, 15) is 0 Å². The highest BCUT2D eigenvalue weighted by molar-refractivity contribution is 7.79. The van der Waals surface area contributed by atoms with Crippen molar-refractivity contribution < 1.29 is 9.30 Å². The Morgan fingerprint density at radius 3 is 2.42 bits per heavy atom. The van der Waals surface area contributed by atoms with Crippen LogP contribution in [0.3, 0.4) is 0 Å². The number of thiol groups is 1. The van der Waals surface area contributed by atoms with Crippen LogP contribution in [0.1, 0.15) is 0 Å². The van der Waals surface area contributed by atoms with Gasteiger partial charge in [-0.25, -0.2) is 4.98 Å². The molecule has 3 nitrogen and oxygen atoms in total. The maximum atomic E-state index is 5.36. The van der Waals surface area contributed by atoms with Gasteiger partial charge < -0.3 is 4.74 Å². The summed E-state index contributed by atoms with van der Waals surface area (Å²) in [6.07, 6.45) is 1.69. The van der Waals surface area contributed by atoms with Gasteiger partial charge in [-0.15, -0.1) is 0 Å². The Morgan fingerprint density at radius 2 is 1.68 bits per heavy atom. The smallest absolute Gasteiger partial charge is 0.235 e. The maximum Gasteiger partial charge on any atom is 0.235 e. The quantitative estimate of drug-likeness (QED) is 0.419. The Labute approximate surface area is 118 Å². The van der Waals surface area contributed by atoms with Gasteiger partial charge in [0.05, 0.1) is 7.11 Å². The van der Waals surface area contributed by atoms with Crippen LogP contribution in [0.15, 0.2) is 42.5 Å². The molecule has 1 aromatic heterocycles. The van der Waals surface area contributed by atoms with Crippen LogP contribution in [0.5, 0.6) is 5.75 Å². The van der Waals surface area contributed by atoms with E-state index in [2.05, 4.69) is 34.3 Å². The zero-order chi connectivity index (χ0) is 13.8. The molecule has 0 unspecified atom stereocenters. The lowest BCUT2D eigenvalue weighted by Crippen LogP contribution is -2.30. The predicted molar refractivity (Wildman–Crippen MR) is 81.9 cm³/mol. The topological polar surface area (TPSA) is 26.0 Å². The zero-order valence-corrected chi connectivity index (χ0v) is 12.2. The van der Waals surface area contributed by atoms with E-state index in [1.54, 1.807) is 13.4 Å². The molecule has 0 fully saturated rings. The van der Waals surface area contributed by atoms with E-state index in [1.165, 1.54) is 0 Å². The minimum absolute atomic E-state index is 0.809. The van der Waals surface area contributed by atoms with Crippen LogP contribution in [0.4, 0.5) is 0 Å². The van der Waals surface area contributed by atoms with Crippen molar-refractivity contribution in [1.29, 1.82) is 0 Å². The third kappa shape index (κ3) is 2.36. The SMILES string of the molecule is COc1cccc2c1nc1ccccc1[n+]2C.CS. The minimum Gasteiger partial charge on any atom is -0.494 e. The van der Waals surface area contributed by atoms with Crippen LogP contribution in [0.25, 0.3) is 22.1 Å². The van der Waals surface area contributed by atoms with Gasteiger partial charge in [0.25, 0.3) is 0 Å². The van der Waals surface area contributed by atoms with Gasteiger partial charge in [0.1, 0.15) is 12.6 Å². The number of benzene rings is 2. The second kappa shape index (κ2) is 5.89. The van der Waals surface area contributed by atoms with E-state index in [0.29, 0.717) is 0 Å². The number of para-hydroxylation sites is 3. The number of fused-ring (bicyclic) bond motifs is 2. The molecule has 0 bridgehead atoms. The monoisotopic (exact) mass is 273 g/mol. The van der Waals surface area contributed by atoms with Crippen molar-refractivity contribution in [1.82, 2.24) is 4.98 Å². The Morgan fingerprint density at radius 1 is 1.00 bits per heavy atom. The fraction of sp³-hybridized carbons (Fsp3) is 0.200. The lowest BCUT2D eigenvalue weighted by Gasteiger charge is -2.04. The Balaban J connectivity index is 0.000000637. The lowest BCUT2D eigenvalue weighted by atomic mass is 10.2. The number of hydrogen-bond donors (Lipinski definition) is 1. The maximum absolute atomic E-state index is 5.36. The predicted octanol–water partition coefficient (Wildman–Crippen LogP) is 2.77. The summed E-state index contributed by atoms with van der Waals surface area (Å²) in [6, 6.07) is 14.1. The standard InChI is InChI=1S/C14H13N2O.CH4S/c1-16-11-7-4-3-6-10(11)15-14-12(16)8-5-9-13(14)17-2;1-2/h3-9H,1-2H3;2H,1H3/q+1;. The largest absolute Gasteiger partial charge is 0.494 e. The van der Waals surface area contributed by atoms with Crippen molar-refractivity contribution in [3.8, 4) is 5.75 Å². The van der Waals surface area contributed by atoms with Gasteiger partial charge in [0, 0.05) is 12.1 Å². The minimum atomic E-state index is 0.809. The van der Waals surface area contributed by atoms with Gasteiger partial charge in [-0.3, -0.25) is 0 Å². The summed E-state index contributed by atoms with van der Waals surface area (Å²) < 4.78 is 7.49. The van der Waals surface area contributed by atoms with Crippen molar-refractivity contribution >= 4 is 34.7 Å². The van der Waals surface area contributed by atoms with E-state index >= 15 is 0 Å². The summed E-state index contributed by atoms with van der Waals surface area (Å²) in [5.41, 5.74) is 4.07. The lowest BCUT2D eigenvalue weighted by molar-refractivity contribution is -0.617. The average Bonchev–Trinajstić information content (AvgIpc) is 2.49. The molecule has 0 saturated heterocycles. The van der Waals surface area contributed by atoms with E-state index in [-0.39, 0.29) is 0 Å². The van der Waals surface area contributed by atoms with Crippen LogP contribution in [0, 0.1) is 0 Å². The van der Waals surface area contributed by atoms with Crippen molar-refractivity contribution in [3.05, 3.63) is 42.5 Å². The van der Waals surface area contributed by atoms with Crippen molar-refractivity contribution in [2.75, 3.05) is 13.4 Å². The zero-order valence-electron chi connectivity index (χ0n) is 11.3. The molecular formula is C15H17N2OS+. The summed E-state index contributed by atoms with van der Waals surface area (Å²) in [6.45, 7) is 0. The number of rotatable bonds is 1. The van der Waals surface area contributed by atoms with E-state index in [4.69, 9.17) is 4.74 Å². The highest BCUT2D eigenvalue weighted by Gasteiger charge is 2.14. The van der Waals surface area contributed by atoms with E-state index in [0.717, 1.165) is 27.8 Å². The first-order valence-corrected chi connectivity index (χ1v) is 6.87. The first kappa shape index (κ1) is 13.6. The van der Waals surface area contributed by atoms with Crippen LogP contribution in [-0.4, -0.2) is 18.3 Å². The number of hydrogen-bond acceptors (Lipinski definition) is 3. The molecule has 2 aromatic carbocycles. The van der Waals surface area contributed by atoms with Crippen molar-refractivity contribution in [2.45, 2.75) is 0 Å². The molecule has 0 amide bonds. The summed E-state index contributed by atoms with van der Waals surface area (Å²) in [4.78, 5) is 4.66. The molecule has 0 aliphatic rings. The summed E-state index contributed by atoms with van der Waals surface area (Å²) in [7, 11) is 3.72. The average molecular weight is 273 g/mol. The fourth-order valence-corrected chi connectivity index (χ4v) is 2.15. The molecule has 0 aliphatic carbocycles. The summed E-state index contributed by atoms with van der Waals surface area (Å²) >= 11 is 3.53. The fourth-order valence-electron chi connectivity index (χ4n) is 2.15. The molecule has 4 heteroatoms. The van der Waals surface area contributed by atoms with Crippen molar-refractivity contribution in [3.63, 3.8) is 0 Å². The van der Waals surface area contributed by atoms with Crippen LogP contribution in [-0.2, 0) is 7.05 Å². The van der Waals surface area contributed by atoms with Gasteiger partial charge in [-0.05, 0) is 18.4 Å². The third-order valence-corrected chi connectivity index (χ3v) is 3.03. The third-order valence-electron chi connectivity index (χ3n) is 3.03. The first-order chi connectivity index (χ1) is 9.31. The van der Waals surface area contributed by atoms with Gasteiger partial charge >= 0.3 is 0 Å².